The van der Waals surface area contributed by atoms with E-state index in [4.69, 9.17) is 26.4 Å². The molecule has 1 saturated heterocycles. The van der Waals surface area contributed by atoms with Crippen molar-refractivity contribution in [3.8, 4) is 17.2 Å². The first-order valence-corrected chi connectivity index (χ1v) is 9.97. The molecule has 1 amide bonds. The summed E-state index contributed by atoms with van der Waals surface area (Å²) < 4.78 is 16.2. The van der Waals surface area contributed by atoms with Crippen LogP contribution in [-0.2, 0) is 9.59 Å². The van der Waals surface area contributed by atoms with Gasteiger partial charge in [-0.05, 0) is 35.9 Å². The van der Waals surface area contributed by atoms with Crippen LogP contribution in [0.3, 0.4) is 0 Å². The molecule has 0 atom stereocenters. The van der Waals surface area contributed by atoms with Crippen LogP contribution < -0.4 is 14.2 Å². The van der Waals surface area contributed by atoms with Crippen LogP contribution in [0.15, 0.2) is 53.4 Å². The molecule has 150 valence electrons. The molecule has 2 aromatic carbocycles. The van der Waals surface area contributed by atoms with Gasteiger partial charge in [0.2, 0.25) is 0 Å². The number of amides is 1. The van der Waals surface area contributed by atoms with Crippen LogP contribution in [0.1, 0.15) is 12.0 Å². The first kappa shape index (κ1) is 20.9. The summed E-state index contributed by atoms with van der Waals surface area (Å²) in [7, 11) is 3.11. The van der Waals surface area contributed by atoms with Gasteiger partial charge >= 0.3 is 5.97 Å². The zero-order valence-electron chi connectivity index (χ0n) is 15.9. The average Bonchev–Trinajstić information content (AvgIpc) is 2.99. The number of benzene rings is 2. The zero-order chi connectivity index (χ0) is 20.8. The van der Waals surface area contributed by atoms with Gasteiger partial charge in [0.1, 0.15) is 10.1 Å². The highest BCUT2D eigenvalue weighted by Crippen LogP contribution is 2.34. The van der Waals surface area contributed by atoms with Gasteiger partial charge in [0.25, 0.3) is 5.91 Å². The maximum absolute atomic E-state index is 12.7. The SMILES string of the molecule is COc1ccc(/C=C2\SC(=S)N(CCC(=O)Oc3ccccc3)C2=O)cc1OC. The van der Waals surface area contributed by atoms with E-state index in [0.29, 0.717) is 26.5 Å². The van der Waals surface area contributed by atoms with Gasteiger partial charge in [-0.15, -0.1) is 0 Å². The zero-order valence-corrected chi connectivity index (χ0v) is 17.5. The summed E-state index contributed by atoms with van der Waals surface area (Å²) in [6, 6.07) is 14.2. The van der Waals surface area contributed by atoms with Gasteiger partial charge in [0.05, 0.1) is 25.5 Å². The Balaban J connectivity index is 1.65. The fraction of sp³-hybridized carbons (Fsp3) is 0.190. The number of nitrogens with zero attached hydrogens (tertiary/aromatic N) is 1. The number of thioether (sulfide) groups is 1. The van der Waals surface area contributed by atoms with Crippen molar-refractivity contribution in [3.63, 3.8) is 0 Å². The summed E-state index contributed by atoms with van der Waals surface area (Å²) in [5.74, 6) is 0.988. The predicted molar refractivity (Wildman–Crippen MR) is 116 cm³/mol. The fourth-order valence-electron chi connectivity index (χ4n) is 2.66. The molecule has 0 bridgehead atoms. The van der Waals surface area contributed by atoms with Crippen molar-refractivity contribution >= 4 is 46.3 Å². The molecule has 0 aliphatic carbocycles. The second-order valence-electron chi connectivity index (χ2n) is 5.98. The van der Waals surface area contributed by atoms with Crippen molar-refractivity contribution in [3.05, 3.63) is 59.0 Å². The predicted octanol–water partition coefficient (Wildman–Crippen LogP) is 3.90. The van der Waals surface area contributed by atoms with E-state index < -0.39 is 5.97 Å². The first-order chi connectivity index (χ1) is 14.0. The molecule has 1 heterocycles. The van der Waals surface area contributed by atoms with Crippen LogP contribution in [-0.4, -0.2) is 41.9 Å². The topological polar surface area (TPSA) is 65.1 Å². The van der Waals surface area contributed by atoms with Crippen molar-refractivity contribution in [2.75, 3.05) is 20.8 Å². The summed E-state index contributed by atoms with van der Waals surface area (Å²) in [4.78, 5) is 26.6. The highest BCUT2D eigenvalue weighted by atomic mass is 32.2. The molecule has 0 saturated carbocycles. The lowest BCUT2D eigenvalue weighted by Gasteiger charge is -2.13. The average molecular weight is 430 g/mol. The molecule has 29 heavy (non-hydrogen) atoms. The van der Waals surface area contributed by atoms with E-state index in [1.807, 2.05) is 12.1 Å². The van der Waals surface area contributed by atoms with E-state index in [-0.39, 0.29) is 18.9 Å². The third-order valence-corrected chi connectivity index (χ3v) is 5.47. The standard InChI is InChI=1S/C21H19NO5S2/c1-25-16-9-8-14(12-17(16)26-2)13-18-20(24)22(21(28)29-18)11-10-19(23)27-15-6-4-3-5-7-15/h3-9,12-13H,10-11H2,1-2H3/b18-13-. The largest absolute Gasteiger partial charge is 0.493 e. The number of esters is 1. The molecule has 1 aliphatic heterocycles. The molecule has 0 aromatic heterocycles. The summed E-state index contributed by atoms with van der Waals surface area (Å²) in [6.45, 7) is 0.166. The Morgan fingerprint density at radius 1 is 1.10 bits per heavy atom. The van der Waals surface area contributed by atoms with Gasteiger partial charge in [-0.1, -0.05) is 48.2 Å². The normalized spacial score (nSPS) is 15.0. The van der Waals surface area contributed by atoms with Crippen LogP contribution in [0.5, 0.6) is 17.2 Å². The van der Waals surface area contributed by atoms with Gasteiger partial charge in [-0.3, -0.25) is 14.5 Å². The van der Waals surface area contributed by atoms with Crippen molar-refractivity contribution in [2.24, 2.45) is 0 Å². The van der Waals surface area contributed by atoms with Gasteiger partial charge in [-0.2, -0.15) is 0 Å². The molecular weight excluding hydrogens is 410 g/mol. The second kappa shape index (κ2) is 9.58. The maximum atomic E-state index is 12.7. The van der Waals surface area contributed by atoms with Crippen LogP contribution >= 0.6 is 24.0 Å². The minimum Gasteiger partial charge on any atom is -0.493 e. The fourth-order valence-corrected chi connectivity index (χ4v) is 3.97. The number of thiocarbonyl (C=S) groups is 1. The van der Waals surface area contributed by atoms with Gasteiger partial charge in [-0.25, -0.2) is 0 Å². The Labute approximate surface area is 178 Å². The van der Waals surface area contributed by atoms with Crippen molar-refractivity contribution in [1.82, 2.24) is 4.90 Å². The summed E-state index contributed by atoms with van der Waals surface area (Å²) in [5, 5.41) is 0. The molecule has 6 nitrogen and oxygen atoms in total. The second-order valence-corrected chi connectivity index (χ2v) is 7.66. The molecule has 3 rings (SSSR count). The van der Waals surface area contributed by atoms with Crippen molar-refractivity contribution in [2.45, 2.75) is 6.42 Å². The van der Waals surface area contributed by atoms with Crippen molar-refractivity contribution in [1.29, 1.82) is 0 Å². The van der Waals surface area contributed by atoms with Crippen LogP contribution in [0.25, 0.3) is 6.08 Å². The number of rotatable bonds is 7. The quantitative estimate of drug-likeness (QED) is 0.286. The third-order valence-electron chi connectivity index (χ3n) is 4.09. The van der Waals surface area contributed by atoms with E-state index in [2.05, 4.69) is 0 Å². The Morgan fingerprint density at radius 2 is 1.83 bits per heavy atom. The van der Waals surface area contributed by atoms with Crippen LogP contribution in [0.2, 0.25) is 0 Å². The molecule has 0 spiro atoms. The van der Waals surface area contributed by atoms with E-state index in [9.17, 15) is 9.59 Å². The summed E-state index contributed by atoms with van der Waals surface area (Å²) in [5.41, 5.74) is 0.784. The number of hydrogen-bond acceptors (Lipinski definition) is 7. The van der Waals surface area contributed by atoms with E-state index >= 15 is 0 Å². The molecule has 0 N–H and O–H groups in total. The molecule has 1 fully saturated rings. The highest BCUT2D eigenvalue weighted by Gasteiger charge is 2.32. The smallest absolute Gasteiger partial charge is 0.312 e. The molecule has 8 heteroatoms. The first-order valence-electron chi connectivity index (χ1n) is 8.75. The molecule has 0 unspecified atom stereocenters. The monoisotopic (exact) mass is 429 g/mol. The Hall–Kier alpha value is -2.84. The Morgan fingerprint density at radius 3 is 2.52 bits per heavy atom. The number of carbonyl (C=O) groups excluding carboxylic acids is 2. The summed E-state index contributed by atoms with van der Waals surface area (Å²) in [6.07, 6.45) is 1.79. The highest BCUT2D eigenvalue weighted by molar-refractivity contribution is 8.26. The van der Waals surface area contributed by atoms with Crippen molar-refractivity contribution < 1.29 is 23.8 Å². The number of hydrogen-bond donors (Lipinski definition) is 0. The maximum Gasteiger partial charge on any atom is 0.312 e. The third kappa shape index (κ3) is 5.16. The number of ether oxygens (including phenoxy) is 3. The molecular formula is C21H19NO5S2. The lowest BCUT2D eigenvalue weighted by atomic mass is 10.2. The minimum absolute atomic E-state index is 0.0466. The Kier molecular flexibility index (Phi) is 6.90. The summed E-state index contributed by atoms with van der Waals surface area (Å²) >= 11 is 6.51. The minimum atomic E-state index is -0.422. The van der Waals surface area contributed by atoms with Gasteiger partial charge < -0.3 is 14.2 Å². The number of carbonyl (C=O) groups is 2. The Bertz CT molecular complexity index is 959. The van der Waals surface area contributed by atoms with E-state index in [0.717, 1.165) is 5.56 Å². The lowest BCUT2D eigenvalue weighted by Crippen LogP contribution is -2.31. The van der Waals surface area contributed by atoms with Gasteiger partial charge in [0.15, 0.2) is 11.5 Å². The number of methoxy groups -OCH3 is 2. The number of para-hydroxylation sites is 1. The van der Waals surface area contributed by atoms with E-state index in [1.54, 1.807) is 56.7 Å². The van der Waals surface area contributed by atoms with E-state index in [1.165, 1.54) is 16.7 Å². The molecule has 2 aromatic rings. The molecule has 0 radical (unpaired) electrons. The molecule has 1 aliphatic rings. The van der Waals surface area contributed by atoms with Crippen LogP contribution in [0, 0.1) is 0 Å². The van der Waals surface area contributed by atoms with Crippen LogP contribution in [0.4, 0.5) is 0 Å². The van der Waals surface area contributed by atoms with Gasteiger partial charge in [0, 0.05) is 6.54 Å². The lowest BCUT2D eigenvalue weighted by molar-refractivity contribution is -0.134.